The van der Waals surface area contributed by atoms with Gasteiger partial charge in [0.05, 0.1) is 12.0 Å². The molecule has 2 fully saturated rings. The first-order valence-corrected chi connectivity index (χ1v) is 8.89. The topological polar surface area (TPSA) is 92.4 Å². The molecule has 0 aromatic carbocycles. The van der Waals surface area contributed by atoms with Crippen molar-refractivity contribution >= 4 is 11.8 Å². The van der Waals surface area contributed by atoms with E-state index < -0.39 is 0 Å². The summed E-state index contributed by atoms with van der Waals surface area (Å²) in [5.74, 6) is 1.04. The lowest BCUT2D eigenvalue weighted by atomic mass is 10.1. The van der Waals surface area contributed by atoms with Crippen molar-refractivity contribution in [3.05, 3.63) is 41.3 Å². The van der Waals surface area contributed by atoms with Gasteiger partial charge in [0.1, 0.15) is 5.69 Å². The average Bonchev–Trinajstić information content (AvgIpc) is 3.20. The van der Waals surface area contributed by atoms with Gasteiger partial charge in [0.25, 0.3) is 5.91 Å². The van der Waals surface area contributed by atoms with Crippen LogP contribution < -0.4 is 0 Å². The first-order valence-electron chi connectivity index (χ1n) is 8.89. The van der Waals surface area contributed by atoms with Gasteiger partial charge in [-0.15, -0.1) is 0 Å². The number of aromatic nitrogens is 3. The Morgan fingerprint density at radius 2 is 2.15 bits per heavy atom. The largest absolute Gasteiger partial charge is 0.339 e. The number of aryl methyl sites for hydroxylation is 2. The SMILES string of the molecule is CCc1ccnc(C(=O)N2CC(N3CC(c4nc(C)no4)CC3=O)C2)c1. The molecule has 2 aromatic heterocycles. The van der Waals surface area contributed by atoms with Crippen molar-refractivity contribution in [3.8, 4) is 0 Å². The Labute approximate surface area is 151 Å². The molecule has 0 radical (unpaired) electrons. The quantitative estimate of drug-likeness (QED) is 0.818. The number of pyridine rings is 1. The van der Waals surface area contributed by atoms with Crippen LogP contribution in [0.1, 0.15) is 47.0 Å². The fraction of sp³-hybridized carbons (Fsp3) is 0.500. The zero-order valence-electron chi connectivity index (χ0n) is 14.9. The van der Waals surface area contributed by atoms with E-state index in [1.54, 1.807) is 18.0 Å². The van der Waals surface area contributed by atoms with E-state index in [-0.39, 0.29) is 23.8 Å². The summed E-state index contributed by atoms with van der Waals surface area (Å²) in [7, 11) is 0. The molecule has 4 rings (SSSR count). The highest BCUT2D eigenvalue weighted by atomic mass is 16.5. The van der Waals surface area contributed by atoms with Crippen molar-refractivity contribution in [2.45, 2.75) is 38.6 Å². The van der Waals surface area contributed by atoms with E-state index in [9.17, 15) is 9.59 Å². The Bertz CT molecular complexity index is 843. The number of carbonyl (C=O) groups is 2. The summed E-state index contributed by atoms with van der Waals surface area (Å²) >= 11 is 0. The maximum absolute atomic E-state index is 12.6. The normalized spacial score (nSPS) is 20.5. The molecule has 2 aromatic rings. The van der Waals surface area contributed by atoms with Crippen molar-refractivity contribution in [1.82, 2.24) is 24.9 Å². The van der Waals surface area contributed by atoms with E-state index in [1.807, 2.05) is 24.0 Å². The monoisotopic (exact) mass is 355 g/mol. The fourth-order valence-electron chi connectivity index (χ4n) is 3.52. The molecule has 2 saturated heterocycles. The molecule has 1 atom stereocenters. The Hall–Kier alpha value is -2.77. The van der Waals surface area contributed by atoms with Crippen LogP contribution in [-0.4, -0.2) is 62.4 Å². The summed E-state index contributed by atoms with van der Waals surface area (Å²) < 4.78 is 5.20. The highest BCUT2D eigenvalue weighted by Gasteiger charge is 2.43. The molecule has 0 bridgehead atoms. The van der Waals surface area contributed by atoms with Crippen LogP contribution in [0.15, 0.2) is 22.9 Å². The number of amides is 2. The van der Waals surface area contributed by atoms with Gasteiger partial charge in [-0.05, 0) is 31.0 Å². The summed E-state index contributed by atoms with van der Waals surface area (Å²) in [6.45, 7) is 5.45. The average molecular weight is 355 g/mol. The number of carbonyl (C=O) groups excluding carboxylic acids is 2. The Morgan fingerprint density at radius 1 is 1.35 bits per heavy atom. The zero-order chi connectivity index (χ0) is 18.3. The number of hydrogen-bond acceptors (Lipinski definition) is 6. The van der Waals surface area contributed by atoms with Crippen LogP contribution in [0.3, 0.4) is 0 Å². The number of hydrogen-bond donors (Lipinski definition) is 0. The number of likely N-dealkylation sites (tertiary alicyclic amines) is 2. The molecular weight excluding hydrogens is 334 g/mol. The molecule has 2 aliphatic heterocycles. The highest BCUT2D eigenvalue weighted by Crippen LogP contribution is 2.31. The minimum atomic E-state index is -0.0766. The molecule has 136 valence electrons. The van der Waals surface area contributed by atoms with Gasteiger partial charge in [-0.2, -0.15) is 4.98 Å². The number of nitrogens with zero attached hydrogens (tertiary/aromatic N) is 5. The van der Waals surface area contributed by atoms with Crippen molar-refractivity contribution in [1.29, 1.82) is 0 Å². The molecule has 2 amide bonds. The van der Waals surface area contributed by atoms with Gasteiger partial charge in [0.2, 0.25) is 11.8 Å². The van der Waals surface area contributed by atoms with Gasteiger partial charge in [0, 0.05) is 32.3 Å². The summed E-state index contributed by atoms with van der Waals surface area (Å²) in [6.07, 6.45) is 2.92. The third-order valence-corrected chi connectivity index (χ3v) is 5.09. The van der Waals surface area contributed by atoms with E-state index in [4.69, 9.17) is 4.52 Å². The molecule has 0 aliphatic carbocycles. The maximum atomic E-state index is 12.6. The predicted octanol–water partition coefficient (Wildman–Crippen LogP) is 1.18. The summed E-state index contributed by atoms with van der Waals surface area (Å²) in [5, 5.41) is 3.80. The lowest BCUT2D eigenvalue weighted by molar-refractivity contribution is -0.132. The van der Waals surface area contributed by atoms with E-state index in [2.05, 4.69) is 15.1 Å². The summed E-state index contributed by atoms with van der Waals surface area (Å²) in [5.41, 5.74) is 1.56. The molecule has 1 unspecified atom stereocenters. The Kier molecular flexibility index (Phi) is 4.18. The van der Waals surface area contributed by atoms with Crippen LogP contribution >= 0.6 is 0 Å². The summed E-state index contributed by atoms with van der Waals surface area (Å²) in [4.78, 5) is 36.9. The lowest BCUT2D eigenvalue weighted by Crippen LogP contribution is -2.61. The van der Waals surface area contributed by atoms with Crippen LogP contribution in [0.25, 0.3) is 0 Å². The first-order chi connectivity index (χ1) is 12.5. The van der Waals surface area contributed by atoms with Crippen molar-refractivity contribution in [2.75, 3.05) is 19.6 Å². The molecule has 0 spiro atoms. The fourth-order valence-corrected chi connectivity index (χ4v) is 3.52. The third-order valence-electron chi connectivity index (χ3n) is 5.09. The molecule has 8 nitrogen and oxygen atoms in total. The van der Waals surface area contributed by atoms with Gasteiger partial charge < -0.3 is 14.3 Å². The van der Waals surface area contributed by atoms with Gasteiger partial charge in [-0.25, -0.2) is 0 Å². The van der Waals surface area contributed by atoms with Crippen LogP contribution in [0.5, 0.6) is 0 Å². The molecule has 4 heterocycles. The second-order valence-electron chi connectivity index (χ2n) is 6.89. The smallest absolute Gasteiger partial charge is 0.272 e. The molecule has 0 saturated carbocycles. The molecule has 0 N–H and O–H groups in total. The predicted molar refractivity (Wildman–Crippen MR) is 91.4 cm³/mol. The van der Waals surface area contributed by atoms with Crippen LogP contribution in [-0.2, 0) is 11.2 Å². The van der Waals surface area contributed by atoms with Gasteiger partial charge in [-0.1, -0.05) is 12.1 Å². The van der Waals surface area contributed by atoms with Crippen molar-refractivity contribution in [2.24, 2.45) is 0 Å². The van der Waals surface area contributed by atoms with E-state index >= 15 is 0 Å². The van der Waals surface area contributed by atoms with Gasteiger partial charge in [-0.3, -0.25) is 14.6 Å². The minimum absolute atomic E-state index is 0.0508. The van der Waals surface area contributed by atoms with E-state index in [1.165, 1.54) is 0 Å². The second-order valence-corrected chi connectivity index (χ2v) is 6.89. The van der Waals surface area contributed by atoms with Gasteiger partial charge >= 0.3 is 0 Å². The second kappa shape index (κ2) is 6.51. The van der Waals surface area contributed by atoms with Crippen molar-refractivity contribution < 1.29 is 14.1 Å². The minimum Gasteiger partial charge on any atom is -0.339 e. The molecule has 2 aliphatic rings. The standard InChI is InChI=1S/C18H21N5O3/c1-3-12-4-5-19-15(6-12)18(25)22-9-14(10-22)23-8-13(7-16(23)24)17-20-11(2)21-26-17/h4-6,13-14H,3,7-10H2,1-2H3. The van der Waals surface area contributed by atoms with Crippen LogP contribution in [0, 0.1) is 6.92 Å². The first kappa shape index (κ1) is 16.7. The van der Waals surface area contributed by atoms with Gasteiger partial charge in [0.15, 0.2) is 5.82 Å². The third kappa shape index (κ3) is 2.95. The van der Waals surface area contributed by atoms with Crippen LogP contribution in [0.4, 0.5) is 0 Å². The highest BCUT2D eigenvalue weighted by molar-refractivity contribution is 5.93. The summed E-state index contributed by atoms with van der Waals surface area (Å²) in [6, 6.07) is 3.80. The van der Waals surface area contributed by atoms with E-state index in [0.717, 1.165) is 12.0 Å². The molecule has 8 heteroatoms. The van der Waals surface area contributed by atoms with Crippen molar-refractivity contribution in [3.63, 3.8) is 0 Å². The Morgan fingerprint density at radius 3 is 2.85 bits per heavy atom. The van der Waals surface area contributed by atoms with E-state index in [0.29, 0.717) is 43.5 Å². The lowest BCUT2D eigenvalue weighted by Gasteiger charge is -2.43. The number of rotatable bonds is 4. The Balaban J connectivity index is 1.37. The maximum Gasteiger partial charge on any atom is 0.272 e. The molecular formula is C18H21N5O3. The zero-order valence-corrected chi connectivity index (χ0v) is 14.9. The molecule has 26 heavy (non-hydrogen) atoms. The van der Waals surface area contributed by atoms with Crippen LogP contribution in [0.2, 0.25) is 0 Å².